The maximum Gasteiger partial charge on any atom is 0.118 e. The number of methoxy groups -OCH3 is 1. The van der Waals surface area contributed by atoms with Crippen LogP contribution in [0.2, 0.25) is 0 Å². The Kier molecular flexibility index (Phi) is 6.56. The molecule has 0 heterocycles. The highest BCUT2D eigenvalue weighted by atomic mass is 16.5. The van der Waals surface area contributed by atoms with E-state index < -0.39 is 0 Å². The molecule has 1 aromatic rings. The zero-order chi connectivity index (χ0) is 15.1. The molecule has 0 radical (unpaired) electrons. The van der Waals surface area contributed by atoms with E-state index in [1.807, 2.05) is 0 Å². The molecule has 0 bridgehead atoms. The molecular formula is C19H31NO. The summed E-state index contributed by atoms with van der Waals surface area (Å²) in [4.78, 5) is 0. The summed E-state index contributed by atoms with van der Waals surface area (Å²) in [6.45, 7) is 4.64. The van der Waals surface area contributed by atoms with Crippen molar-refractivity contribution in [1.82, 2.24) is 5.32 Å². The molecule has 21 heavy (non-hydrogen) atoms. The molecule has 1 aliphatic rings. The van der Waals surface area contributed by atoms with Crippen molar-refractivity contribution in [3.05, 3.63) is 29.8 Å². The van der Waals surface area contributed by atoms with E-state index in [9.17, 15) is 0 Å². The van der Waals surface area contributed by atoms with E-state index in [2.05, 4.69) is 43.4 Å². The fourth-order valence-electron chi connectivity index (χ4n) is 3.66. The molecule has 2 heteroatoms. The Morgan fingerprint density at radius 1 is 1.14 bits per heavy atom. The lowest BCUT2D eigenvalue weighted by Crippen LogP contribution is -2.42. The van der Waals surface area contributed by atoms with Crippen LogP contribution in [0.15, 0.2) is 24.3 Å². The van der Waals surface area contributed by atoms with Crippen LogP contribution in [0.1, 0.15) is 57.9 Å². The molecule has 1 aliphatic carbocycles. The molecule has 0 spiro atoms. The SMILES string of the molecule is CCC(NC(C)Cc1ccc(OC)cc1)C1CCCCC1. The largest absolute Gasteiger partial charge is 0.497 e. The fraction of sp³-hybridized carbons (Fsp3) is 0.684. The molecule has 1 aromatic carbocycles. The van der Waals surface area contributed by atoms with Gasteiger partial charge in [-0.2, -0.15) is 0 Å². The van der Waals surface area contributed by atoms with E-state index in [1.165, 1.54) is 44.1 Å². The van der Waals surface area contributed by atoms with Crippen molar-refractivity contribution >= 4 is 0 Å². The highest BCUT2D eigenvalue weighted by molar-refractivity contribution is 5.27. The van der Waals surface area contributed by atoms with Crippen molar-refractivity contribution in [2.75, 3.05) is 7.11 Å². The Morgan fingerprint density at radius 3 is 2.38 bits per heavy atom. The van der Waals surface area contributed by atoms with Crippen molar-refractivity contribution in [2.45, 2.75) is 70.9 Å². The number of nitrogens with one attached hydrogen (secondary N) is 1. The molecular weight excluding hydrogens is 258 g/mol. The van der Waals surface area contributed by atoms with Crippen molar-refractivity contribution in [3.63, 3.8) is 0 Å². The normalized spacial score (nSPS) is 19.2. The van der Waals surface area contributed by atoms with E-state index in [-0.39, 0.29) is 0 Å². The molecule has 0 aliphatic heterocycles. The van der Waals surface area contributed by atoms with Crippen molar-refractivity contribution in [1.29, 1.82) is 0 Å². The van der Waals surface area contributed by atoms with Gasteiger partial charge in [0.25, 0.3) is 0 Å². The molecule has 2 unspecified atom stereocenters. The average molecular weight is 289 g/mol. The minimum atomic E-state index is 0.533. The summed E-state index contributed by atoms with van der Waals surface area (Å²) < 4.78 is 5.22. The first kappa shape index (κ1) is 16.4. The Balaban J connectivity index is 1.84. The molecule has 1 N–H and O–H groups in total. The van der Waals surface area contributed by atoms with E-state index in [0.29, 0.717) is 12.1 Å². The maximum atomic E-state index is 5.22. The molecule has 0 amide bonds. The van der Waals surface area contributed by atoms with Gasteiger partial charge in [-0.05, 0) is 56.2 Å². The fourth-order valence-corrected chi connectivity index (χ4v) is 3.66. The molecule has 2 rings (SSSR count). The van der Waals surface area contributed by atoms with Gasteiger partial charge in [0.1, 0.15) is 5.75 Å². The predicted octanol–water partition coefficient (Wildman–Crippen LogP) is 4.57. The zero-order valence-electron chi connectivity index (χ0n) is 13.9. The third-order valence-corrected chi connectivity index (χ3v) is 4.86. The number of hydrogen-bond donors (Lipinski definition) is 1. The molecule has 1 fully saturated rings. The lowest BCUT2D eigenvalue weighted by molar-refractivity contribution is 0.248. The predicted molar refractivity (Wildman–Crippen MR) is 89.9 cm³/mol. The summed E-state index contributed by atoms with van der Waals surface area (Å²) in [6.07, 6.45) is 9.46. The molecule has 0 aromatic heterocycles. The van der Waals surface area contributed by atoms with Crippen LogP contribution in [0.25, 0.3) is 0 Å². The van der Waals surface area contributed by atoms with Gasteiger partial charge in [0.05, 0.1) is 7.11 Å². The van der Waals surface area contributed by atoms with Crippen molar-refractivity contribution in [3.8, 4) is 5.75 Å². The van der Waals surface area contributed by atoms with Crippen LogP contribution in [0.3, 0.4) is 0 Å². The topological polar surface area (TPSA) is 21.3 Å². The summed E-state index contributed by atoms with van der Waals surface area (Å²) in [5, 5.41) is 3.88. The quantitative estimate of drug-likeness (QED) is 0.793. The molecule has 2 atom stereocenters. The van der Waals surface area contributed by atoms with Crippen molar-refractivity contribution in [2.24, 2.45) is 5.92 Å². The van der Waals surface area contributed by atoms with Gasteiger partial charge in [0.15, 0.2) is 0 Å². The smallest absolute Gasteiger partial charge is 0.118 e. The van der Waals surface area contributed by atoms with Crippen LogP contribution in [-0.4, -0.2) is 19.2 Å². The summed E-state index contributed by atoms with van der Waals surface area (Å²) >= 11 is 0. The summed E-state index contributed by atoms with van der Waals surface area (Å²) in [5.41, 5.74) is 1.38. The third kappa shape index (κ3) is 5.03. The van der Waals surface area contributed by atoms with Crippen LogP contribution in [0.4, 0.5) is 0 Å². The Hall–Kier alpha value is -1.02. The third-order valence-electron chi connectivity index (χ3n) is 4.86. The second-order valence-electron chi connectivity index (χ2n) is 6.53. The number of rotatable bonds is 7. The van der Waals surface area contributed by atoms with Crippen LogP contribution >= 0.6 is 0 Å². The van der Waals surface area contributed by atoms with Crippen LogP contribution in [0, 0.1) is 5.92 Å². The standard InChI is InChI=1S/C19H31NO/c1-4-19(17-8-6-5-7-9-17)20-15(2)14-16-10-12-18(21-3)13-11-16/h10-13,15,17,19-20H,4-9,14H2,1-3H3. The van der Waals surface area contributed by atoms with Gasteiger partial charge in [0.2, 0.25) is 0 Å². The summed E-state index contributed by atoms with van der Waals surface area (Å²) in [6, 6.07) is 9.70. The van der Waals surface area contributed by atoms with Gasteiger partial charge in [-0.3, -0.25) is 0 Å². The van der Waals surface area contributed by atoms with Gasteiger partial charge in [0, 0.05) is 12.1 Å². The molecule has 1 saturated carbocycles. The van der Waals surface area contributed by atoms with E-state index >= 15 is 0 Å². The summed E-state index contributed by atoms with van der Waals surface area (Å²) in [5.74, 6) is 1.83. The molecule has 118 valence electrons. The highest BCUT2D eigenvalue weighted by Gasteiger charge is 2.23. The maximum absolute atomic E-state index is 5.22. The lowest BCUT2D eigenvalue weighted by Gasteiger charge is -2.32. The van der Waals surface area contributed by atoms with Crippen LogP contribution < -0.4 is 10.1 Å². The molecule has 2 nitrogen and oxygen atoms in total. The number of benzene rings is 1. The monoisotopic (exact) mass is 289 g/mol. The van der Waals surface area contributed by atoms with Crippen LogP contribution in [0.5, 0.6) is 5.75 Å². The zero-order valence-corrected chi connectivity index (χ0v) is 13.9. The Bertz CT molecular complexity index is 395. The van der Waals surface area contributed by atoms with Crippen LogP contribution in [-0.2, 0) is 6.42 Å². The lowest BCUT2D eigenvalue weighted by atomic mass is 9.82. The van der Waals surface area contributed by atoms with Gasteiger partial charge in [-0.15, -0.1) is 0 Å². The average Bonchev–Trinajstić information content (AvgIpc) is 2.54. The first-order chi connectivity index (χ1) is 10.2. The van der Waals surface area contributed by atoms with Gasteiger partial charge in [-0.25, -0.2) is 0 Å². The minimum absolute atomic E-state index is 0.533. The van der Waals surface area contributed by atoms with Gasteiger partial charge in [-0.1, -0.05) is 38.3 Å². The summed E-state index contributed by atoms with van der Waals surface area (Å²) in [7, 11) is 1.72. The first-order valence-corrected chi connectivity index (χ1v) is 8.62. The Labute approximate surface area is 130 Å². The van der Waals surface area contributed by atoms with Gasteiger partial charge < -0.3 is 10.1 Å². The Morgan fingerprint density at radius 2 is 1.81 bits per heavy atom. The van der Waals surface area contributed by atoms with E-state index in [4.69, 9.17) is 4.74 Å². The van der Waals surface area contributed by atoms with Crippen molar-refractivity contribution < 1.29 is 4.74 Å². The highest BCUT2D eigenvalue weighted by Crippen LogP contribution is 2.28. The first-order valence-electron chi connectivity index (χ1n) is 8.62. The van der Waals surface area contributed by atoms with E-state index in [1.54, 1.807) is 7.11 Å². The number of hydrogen-bond acceptors (Lipinski definition) is 2. The second kappa shape index (κ2) is 8.43. The molecule has 0 saturated heterocycles. The number of ether oxygens (including phenoxy) is 1. The minimum Gasteiger partial charge on any atom is -0.497 e. The van der Waals surface area contributed by atoms with E-state index in [0.717, 1.165) is 18.1 Å². The second-order valence-corrected chi connectivity index (χ2v) is 6.53. The van der Waals surface area contributed by atoms with Gasteiger partial charge >= 0.3 is 0 Å².